The SMILES string of the molecule is CC(=O)N1CCc2ccc(NC(=O)CC(c3ccc(F)cc3)C(C)C)cc21. The van der Waals surface area contributed by atoms with Crippen LogP contribution in [-0.2, 0) is 16.0 Å². The number of rotatable bonds is 5. The molecule has 5 heteroatoms. The van der Waals surface area contributed by atoms with E-state index in [4.69, 9.17) is 0 Å². The second-order valence-electron chi connectivity index (χ2n) is 7.42. The molecule has 0 bridgehead atoms. The molecule has 1 N–H and O–H groups in total. The van der Waals surface area contributed by atoms with Crippen molar-refractivity contribution in [2.75, 3.05) is 16.8 Å². The van der Waals surface area contributed by atoms with Crippen LogP contribution in [0.4, 0.5) is 15.8 Å². The van der Waals surface area contributed by atoms with Gasteiger partial charge >= 0.3 is 0 Å². The molecule has 0 radical (unpaired) electrons. The van der Waals surface area contributed by atoms with Gasteiger partial charge in [-0.15, -0.1) is 0 Å². The first-order valence-corrected chi connectivity index (χ1v) is 9.31. The highest BCUT2D eigenvalue weighted by Crippen LogP contribution is 2.32. The second-order valence-corrected chi connectivity index (χ2v) is 7.42. The Morgan fingerprint density at radius 2 is 1.85 bits per heavy atom. The van der Waals surface area contributed by atoms with Gasteiger partial charge in [-0.05, 0) is 53.6 Å². The fourth-order valence-corrected chi connectivity index (χ4v) is 3.64. The van der Waals surface area contributed by atoms with Crippen LogP contribution in [0.3, 0.4) is 0 Å². The average molecular weight is 368 g/mol. The van der Waals surface area contributed by atoms with E-state index >= 15 is 0 Å². The summed E-state index contributed by atoms with van der Waals surface area (Å²) in [6.45, 7) is 6.35. The topological polar surface area (TPSA) is 49.4 Å². The van der Waals surface area contributed by atoms with E-state index in [1.54, 1.807) is 24.0 Å². The van der Waals surface area contributed by atoms with Gasteiger partial charge < -0.3 is 10.2 Å². The van der Waals surface area contributed by atoms with Crippen LogP contribution in [0.1, 0.15) is 44.2 Å². The van der Waals surface area contributed by atoms with Crippen LogP contribution in [0, 0.1) is 11.7 Å². The predicted molar refractivity (Wildman–Crippen MR) is 105 cm³/mol. The van der Waals surface area contributed by atoms with Crippen molar-refractivity contribution in [2.45, 2.75) is 39.5 Å². The number of nitrogens with zero attached hydrogens (tertiary/aromatic N) is 1. The first kappa shape index (κ1) is 19.1. The van der Waals surface area contributed by atoms with Gasteiger partial charge in [0.05, 0.1) is 0 Å². The summed E-state index contributed by atoms with van der Waals surface area (Å²) < 4.78 is 13.2. The number of carbonyl (C=O) groups excluding carboxylic acids is 2. The second kappa shape index (κ2) is 7.91. The summed E-state index contributed by atoms with van der Waals surface area (Å²) in [4.78, 5) is 26.1. The lowest BCUT2D eigenvalue weighted by Gasteiger charge is -2.21. The summed E-state index contributed by atoms with van der Waals surface area (Å²) in [5.74, 6) is -0.110. The van der Waals surface area contributed by atoms with Gasteiger partial charge in [0, 0.05) is 31.3 Å². The fraction of sp³-hybridized carbons (Fsp3) is 0.364. The van der Waals surface area contributed by atoms with E-state index in [0.29, 0.717) is 18.7 Å². The van der Waals surface area contributed by atoms with Gasteiger partial charge in [-0.3, -0.25) is 9.59 Å². The molecule has 0 saturated carbocycles. The molecule has 0 spiro atoms. The maximum absolute atomic E-state index is 13.2. The molecule has 1 heterocycles. The zero-order valence-electron chi connectivity index (χ0n) is 16.0. The molecule has 0 saturated heterocycles. The zero-order chi connectivity index (χ0) is 19.6. The van der Waals surface area contributed by atoms with Gasteiger partial charge in [-0.25, -0.2) is 4.39 Å². The molecule has 2 aromatic rings. The Balaban J connectivity index is 1.72. The fourth-order valence-electron chi connectivity index (χ4n) is 3.64. The minimum absolute atomic E-state index is 0.00779. The maximum atomic E-state index is 13.2. The van der Waals surface area contributed by atoms with E-state index in [9.17, 15) is 14.0 Å². The van der Waals surface area contributed by atoms with E-state index < -0.39 is 0 Å². The third-order valence-electron chi connectivity index (χ3n) is 5.15. The zero-order valence-corrected chi connectivity index (χ0v) is 16.0. The molecule has 1 aliphatic rings. The van der Waals surface area contributed by atoms with E-state index in [0.717, 1.165) is 23.2 Å². The summed E-state index contributed by atoms with van der Waals surface area (Å²) >= 11 is 0. The molecule has 142 valence electrons. The monoisotopic (exact) mass is 368 g/mol. The summed E-state index contributed by atoms with van der Waals surface area (Å²) in [7, 11) is 0. The van der Waals surface area contributed by atoms with Crippen molar-refractivity contribution in [1.82, 2.24) is 0 Å². The maximum Gasteiger partial charge on any atom is 0.224 e. The van der Waals surface area contributed by atoms with Gasteiger partial charge in [0.2, 0.25) is 11.8 Å². The van der Waals surface area contributed by atoms with Crippen molar-refractivity contribution in [2.24, 2.45) is 5.92 Å². The average Bonchev–Trinajstić information content (AvgIpc) is 3.04. The Morgan fingerprint density at radius 3 is 2.48 bits per heavy atom. The van der Waals surface area contributed by atoms with Gasteiger partial charge in [0.1, 0.15) is 5.82 Å². The summed E-state index contributed by atoms with van der Waals surface area (Å²) in [5.41, 5.74) is 3.64. The minimum atomic E-state index is -0.279. The van der Waals surface area contributed by atoms with Crippen molar-refractivity contribution in [3.63, 3.8) is 0 Å². The molecule has 1 unspecified atom stereocenters. The summed E-state index contributed by atoms with van der Waals surface area (Å²) in [6.07, 6.45) is 1.15. The molecule has 1 atom stereocenters. The van der Waals surface area contributed by atoms with Crippen LogP contribution in [0.2, 0.25) is 0 Å². The Labute approximate surface area is 159 Å². The lowest BCUT2D eigenvalue weighted by molar-refractivity contribution is -0.117. The molecule has 2 aromatic carbocycles. The van der Waals surface area contributed by atoms with Gasteiger partial charge in [-0.1, -0.05) is 32.0 Å². The number of fused-ring (bicyclic) bond motifs is 1. The summed E-state index contributed by atoms with van der Waals surface area (Å²) in [6, 6.07) is 12.1. The molecular formula is C22H25FN2O2. The molecule has 3 rings (SSSR count). The van der Waals surface area contributed by atoms with Gasteiger partial charge in [0.25, 0.3) is 0 Å². The number of benzene rings is 2. The van der Waals surface area contributed by atoms with Crippen molar-refractivity contribution >= 4 is 23.2 Å². The molecule has 0 fully saturated rings. The molecule has 1 aliphatic heterocycles. The lowest BCUT2D eigenvalue weighted by Crippen LogP contribution is -2.26. The smallest absolute Gasteiger partial charge is 0.224 e. The van der Waals surface area contributed by atoms with Crippen LogP contribution in [0.25, 0.3) is 0 Å². The van der Waals surface area contributed by atoms with Crippen LogP contribution in [0.5, 0.6) is 0 Å². The van der Waals surface area contributed by atoms with Crippen molar-refractivity contribution < 1.29 is 14.0 Å². The Kier molecular flexibility index (Phi) is 5.59. The molecule has 2 amide bonds. The third-order valence-corrected chi connectivity index (χ3v) is 5.15. The van der Waals surface area contributed by atoms with Crippen LogP contribution in [0.15, 0.2) is 42.5 Å². The highest BCUT2D eigenvalue weighted by atomic mass is 19.1. The minimum Gasteiger partial charge on any atom is -0.326 e. The largest absolute Gasteiger partial charge is 0.326 e. The van der Waals surface area contributed by atoms with E-state index in [-0.39, 0.29) is 29.5 Å². The number of halogens is 1. The molecule has 0 aliphatic carbocycles. The van der Waals surface area contributed by atoms with Gasteiger partial charge in [-0.2, -0.15) is 0 Å². The molecule has 0 aromatic heterocycles. The van der Waals surface area contributed by atoms with Crippen LogP contribution < -0.4 is 10.2 Å². The highest BCUT2D eigenvalue weighted by Gasteiger charge is 2.23. The molecule has 4 nitrogen and oxygen atoms in total. The first-order valence-electron chi connectivity index (χ1n) is 9.31. The van der Waals surface area contributed by atoms with Crippen molar-refractivity contribution in [3.05, 3.63) is 59.4 Å². The standard InChI is InChI=1S/C22H25FN2O2/c1-14(2)20(16-4-7-18(23)8-5-16)13-22(27)24-19-9-6-17-10-11-25(15(3)26)21(17)12-19/h4-9,12,14,20H,10-11,13H2,1-3H3,(H,24,27). The van der Waals surface area contributed by atoms with Crippen molar-refractivity contribution in [1.29, 1.82) is 0 Å². The normalized spacial score (nSPS) is 14.2. The number of anilines is 2. The molecule has 27 heavy (non-hydrogen) atoms. The third kappa shape index (κ3) is 4.35. The predicted octanol–water partition coefficient (Wildman–Crippen LogP) is 4.50. The quantitative estimate of drug-likeness (QED) is 0.844. The number of hydrogen-bond donors (Lipinski definition) is 1. The van der Waals surface area contributed by atoms with E-state index in [1.165, 1.54) is 12.1 Å². The number of nitrogens with one attached hydrogen (secondary N) is 1. The van der Waals surface area contributed by atoms with Crippen molar-refractivity contribution in [3.8, 4) is 0 Å². The number of carbonyl (C=O) groups is 2. The number of amides is 2. The van der Waals surface area contributed by atoms with Gasteiger partial charge in [0.15, 0.2) is 0 Å². The summed E-state index contributed by atoms with van der Waals surface area (Å²) in [5, 5.41) is 2.95. The van der Waals surface area contributed by atoms with E-state index in [2.05, 4.69) is 19.2 Å². The van der Waals surface area contributed by atoms with Crippen LogP contribution >= 0.6 is 0 Å². The Morgan fingerprint density at radius 1 is 1.15 bits per heavy atom. The lowest BCUT2D eigenvalue weighted by atomic mass is 9.85. The Bertz CT molecular complexity index is 846. The van der Waals surface area contributed by atoms with Crippen LogP contribution in [-0.4, -0.2) is 18.4 Å². The first-order chi connectivity index (χ1) is 12.8. The Hall–Kier alpha value is -2.69. The molecular weight excluding hydrogens is 343 g/mol. The van der Waals surface area contributed by atoms with E-state index in [1.807, 2.05) is 18.2 Å². The number of hydrogen-bond acceptors (Lipinski definition) is 2. The highest BCUT2D eigenvalue weighted by molar-refractivity contribution is 5.96.